The van der Waals surface area contributed by atoms with E-state index in [1.807, 2.05) is 13.0 Å². The van der Waals surface area contributed by atoms with Crippen LogP contribution in [0.2, 0.25) is 0 Å². The van der Waals surface area contributed by atoms with Crippen molar-refractivity contribution in [3.8, 4) is 0 Å². The van der Waals surface area contributed by atoms with E-state index in [2.05, 4.69) is 0 Å². The second kappa shape index (κ2) is 7.94. The molecule has 0 saturated carbocycles. The van der Waals surface area contributed by atoms with Gasteiger partial charge < -0.3 is 4.90 Å². The van der Waals surface area contributed by atoms with Gasteiger partial charge in [0.2, 0.25) is 5.91 Å². The lowest BCUT2D eigenvalue weighted by Crippen LogP contribution is -2.37. The molecule has 0 aliphatic heterocycles. The monoisotopic (exact) mass is 297 g/mol. The van der Waals surface area contributed by atoms with Gasteiger partial charge in [0.25, 0.3) is 0 Å². The van der Waals surface area contributed by atoms with Crippen LogP contribution >= 0.6 is 0 Å². The van der Waals surface area contributed by atoms with Crippen LogP contribution in [0.3, 0.4) is 0 Å². The molecule has 0 aliphatic rings. The van der Waals surface area contributed by atoms with E-state index in [-0.39, 0.29) is 11.7 Å². The van der Waals surface area contributed by atoms with Gasteiger partial charge in [0.05, 0.1) is 0 Å². The Labute approximate surface area is 121 Å². The van der Waals surface area contributed by atoms with Crippen molar-refractivity contribution in [3.63, 3.8) is 0 Å². The van der Waals surface area contributed by atoms with E-state index in [0.29, 0.717) is 17.9 Å². The van der Waals surface area contributed by atoms with Crippen molar-refractivity contribution in [2.45, 2.75) is 25.6 Å². The van der Waals surface area contributed by atoms with Crippen LogP contribution in [0.25, 0.3) is 0 Å². The van der Waals surface area contributed by atoms with Gasteiger partial charge in [-0.15, -0.1) is 0 Å². The first-order valence-corrected chi connectivity index (χ1v) is 7.81. The molecule has 0 unspecified atom stereocenters. The van der Waals surface area contributed by atoms with Gasteiger partial charge in [0.15, 0.2) is 0 Å². The summed E-state index contributed by atoms with van der Waals surface area (Å²) in [5, 5.41) is -0.565. The molecule has 2 atom stereocenters. The Balaban J connectivity index is 2.64. The highest BCUT2D eigenvalue weighted by Gasteiger charge is 2.22. The highest BCUT2D eigenvalue weighted by molar-refractivity contribution is 7.86. The van der Waals surface area contributed by atoms with Gasteiger partial charge in [-0.2, -0.15) is 0 Å². The summed E-state index contributed by atoms with van der Waals surface area (Å²) in [6.45, 7) is 3.81. The molecular formula is C15H20FNO2S. The van der Waals surface area contributed by atoms with Crippen molar-refractivity contribution in [3.05, 3.63) is 47.8 Å². The van der Waals surface area contributed by atoms with Gasteiger partial charge >= 0.3 is 0 Å². The molecule has 3 nitrogen and oxygen atoms in total. The zero-order valence-electron chi connectivity index (χ0n) is 12.0. The number of rotatable bonds is 6. The van der Waals surface area contributed by atoms with Crippen molar-refractivity contribution >= 4 is 16.7 Å². The normalized spacial score (nSPS) is 14.2. The third kappa shape index (κ3) is 4.89. The van der Waals surface area contributed by atoms with Gasteiger partial charge in [-0.05, 0) is 31.5 Å². The van der Waals surface area contributed by atoms with E-state index in [1.165, 1.54) is 17.0 Å². The summed E-state index contributed by atoms with van der Waals surface area (Å²) in [6, 6.07) is 6.12. The number of carbonyl (C=O) groups is 1. The number of allylic oxidation sites excluding steroid dienone is 1. The van der Waals surface area contributed by atoms with Gasteiger partial charge in [-0.1, -0.05) is 24.3 Å². The number of nitrogens with zero attached hydrogens (tertiary/aromatic N) is 1. The van der Waals surface area contributed by atoms with Crippen molar-refractivity contribution in [1.29, 1.82) is 0 Å². The summed E-state index contributed by atoms with van der Waals surface area (Å²) >= 11 is 0. The van der Waals surface area contributed by atoms with Crippen LogP contribution in [-0.2, 0) is 22.1 Å². The Kier molecular flexibility index (Phi) is 6.58. The quantitative estimate of drug-likeness (QED) is 0.757. The average Bonchev–Trinajstić information content (AvgIpc) is 2.43. The molecule has 0 spiro atoms. The molecule has 0 heterocycles. The molecule has 1 rings (SSSR count). The minimum absolute atomic E-state index is 0.197. The summed E-state index contributed by atoms with van der Waals surface area (Å²) < 4.78 is 25.0. The molecule has 0 aliphatic carbocycles. The average molecular weight is 297 g/mol. The first-order valence-electron chi connectivity index (χ1n) is 6.43. The highest BCUT2D eigenvalue weighted by Crippen LogP contribution is 2.09. The molecule has 1 amide bonds. The van der Waals surface area contributed by atoms with E-state index in [4.69, 9.17) is 0 Å². The number of amides is 1. The Morgan fingerprint density at radius 1 is 1.50 bits per heavy atom. The number of halogens is 1. The third-order valence-corrected chi connectivity index (χ3v) is 4.43. The maximum Gasteiger partial charge on any atom is 0.238 e. The highest BCUT2D eigenvalue weighted by atomic mass is 32.2. The second-order valence-corrected chi connectivity index (χ2v) is 6.38. The lowest BCUT2D eigenvalue weighted by Gasteiger charge is -2.21. The first-order chi connectivity index (χ1) is 9.45. The standard InChI is InChI=1S/C15H20FNO2S/c1-4-5-9-20(19)12(2)15(18)17(3)11-13-7-6-8-14(16)10-13/h4-8,10,12H,9,11H2,1-3H3/b5-4+/t12-,20+/m1/s1. The molecule has 1 aromatic rings. The predicted molar refractivity (Wildman–Crippen MR) is 80.2 cm³/mol. The summed E-state index contributed by atoms with van der Waals surface area (Å²) in [5.74, 6) is -0.151. The van der Waals surface area contributed by atoms with Crippen molar-refractivity contribution < 1.29 is 13.4 Å². The van der Waals surface area contributed by atoms with E-state index in [9.17, 15) is 13.4 Å². The fraction of sp³-hybridized carbons (Fsp3) is 0.400. The Hall–Kier alpha value is -1.49. The Bertz CT molecular complexity index is 516. The minimum atomic E-state index is -1.23. The van der Waals surface area contributed by atoms with E-state index < -0.39 is 16.0 Å². The van der Waals surface area contributed by atoms with Gasteiger partial charge in [-0.3, -0.25) is 9.00 Å². The van der Waals surface area contributed by atoms with Crippen LogP contribution in [-0.4, -0.2) is 33.1 Å². The van der Waals surface area contributed by atoms with Crippen molar-refractivity contribution in [1.82, 2.24) is 4.90 Å². The molecular weight excluding hydrogens is 277 g/mol. The molecule has 0 N–H and O–H groups in total. The minimum Gasteiger partial charge on any atom is -0.340 e. The van der Waals surface area contributed by atoms with Crippen molar-refractivity contribution in [2.24, 2.45) is 0 Å². The lowest BCUT2D eigenvalue weighted by molar-refractivity contribution is -0.129. The van der Waals surface area contributed by atoms with E-state index in [0.717, 1.165) is 0 Å². The maximum atomic E-state index is 13.1. The Morgan fingerprint density at radius 3 is 2.80 bits per heavy atom. The fourth-order valence-corrected chi connectivity index (χ4v) is 2.82. The second-order valence-electron chi connectivity index (χ2n) is 4.58. The largest absolute Gasteiger partial charge is 0.340 e. The summed E-state index contributed by atoms with van der Waals surface area (Å²) in [6.07, 6.45) is 3.60. The van der Waals surface area contributed by atoms with Crippen LogP contribution in [0.5, 0.6) is 0 Å². The van der Waals surface area contributed by atoms with Crippen LogP contribution in [0, 0.1) is 5.82 Å². The summed E-state index contributed by atoms with van der Waals surface area (Å²) in [7, 11) is 0.406. The van der Waals surface area contributed by atoms with Crippen LogP contribution in [0.4, 0.5) is 4.39 Å². The molecule has 0 fully saturated rings. The topological polar surface area (TPSA) is 37.4 Å². The van der Waals surface area contributed by atoms with Gasteiger partial charge in [0.1, 0.15) is 11.1 Å². The number of hydrogen-bond acceptors (Lipinski definition) is 2. The first kappa shape index (κ1) is 16.6. The molecule has 1 aromatic carbocycles. The molecule has 0 saturated heterocycles. The zero-order valence-corrected chi connectivity index (χ0v) is 12.8. The summed E-state index contributed by atoms with van der Waals surface area (Å²) in [5.41, 5.74) is 0.715. The summed E-state index contributed by atoms with van der Waals surface area (Å²) in [4.78, 5) is 13.6. The third-order valence-electron chi connectivity index (χ3n) is 2.92. The smallest absolute Gasteiger partial charge is 0.238 e. The molecule has 110 valence electrons. The zero-order chi connectivity index (χ0) is 15.1. The van der Waals surface area contributed by atoms with Gasteiger partial charge in [-0.25, -0.2) is 4.39 Å². The molecule has 0 bridgehead atoms. The number of carbonyl (C=O) groups excluding carboxylic acids is 1. The van der Waals surface area contributed by atoms with Crippen molar-refractivity contribution in [2.75, 3.05) is 12.8 Å². The molecule has 5 heteroatoms. The fourth-order valence-electron chi connectivity index (χ4n) is 1.75. The molecule has 0 radical (unpaired) electrons. The number of hydrogen-bond donors (Lipinski definition) is 0. The Morgan fingerprint density at radius 2 is 2.20 bits per heavy atom. The maximum absolute atomic E-state index is 13.1. The van der Waals surface area contributed by atoms with Crippen LogP contribution in [0.15, 0.2) is 36.4 Å². The van der Waals surface area contributed by atoms with E-state index >= 15 is 0 Å². The SMILES string of the molecule is C/C=C/C[S@](=O)[C@H](C)C(=O)N(C)Cc1cccc(F)c1. The number of benzene rings is 1. The lowest BCUT2D eigenvalue weighted by atomic mass is 10.2. The van der Waals surface area contributed by atoms with E-state index in [1.54, 1.807) is 32.2 Å². The molecule has 0 aromatic heterocycles. The predicted octanol–water partition coefficient (Wildman–Crippen LogP) is 2.50. The van der Waals surface area contributed by atoms with Crippen LogP contribution in [0.1, 0.15) is 19.4 Å². The molecule has 20 heavy (non-hydrogen) atoms. The van der Waals surface area contributed by atoms with Gasteiger partial charge in [0, 0.05) is 30.1 Å². The van der Waals surface area contributed by atoms with Crippen LogP contribution < -0.4 is 0 Å².